The lowest BCUT2D eigenvalue weighted by Crippen LogP contribution is -2.20. The number of aryl methyl sites for hydroxylation is 2. The number of urea groups is 1. The van der Waals surface area contributed by atoms with E-state index in [1.54, 1.807) is 43.6 Å². The van der Waals surface area contributed by atoms with E-state index >= 15 is 0 Å². The van der Waals surface area contributed by atoms with Gasteiger partial charge in [-0.3, -0.25) is 9.20 Å². The molecule has 9 nitrogen and oxygen atoms in total. The molecule has 2 aromatic heterocycles. The van der Waals surface area contributed by atoms with Gasteiger partial charge < -0.3 is 24.8 Å². The first-order chi connectivity index (χ1) is 16.9. The fourth-order valence-corrected chi connectivity index (χ4v) is 3.51. The predicted molar refractivity (Wildman–Crippen MR) is 134 cm³/mol. The Bertz CT molecular complexity index is 1450. The molecule has 0 aliphatic carbocycles. The van der Waals surface area contributed by atoms with Crippen LogP contribution in [0.5, 0.6) is 17.2 Å². The van der Waals surface area contributed by atoms with Crippen LogP contribution in [0.2, 0.25) is 0 Å². The zero-order valence-corrected chi connectivity index (χ0v) is 19.9. The molecule has 4 aromatic rings. The molecule has 35 heavy (non-hydrogen) atoms. The third-order valence-electron chi connectivity index (χ3n) is 5.35. The highest BCUT2D eigenvalue weighted by Crippen LogP contribution is 2.29. The Kier molecular flexibility index (Phi) is 6.86. The highest BCUT2D eigenvalue weighted by Gasteiger charge is 2.11. The van der Waals surface area contributed by atoms with E-state index in [-0.39, 0.29) is 12.2 Å². The number of fused-ring (bicyclic) bond motifs is 1. The second kappa shape index (κ2) is 10.2. The number of carbonyl (C=O) groups is 1. The zero-order valence-electron chi connectivity index (χ0n) is 19.9. The summed E-state index contributed by atoms with van der Waals surface area (Å²) in [7, 11) is 3.07. The van der Waals surface area contributed by atoms with Crippen LogP contribution in [0.3, 0.4) is 0 Å². The van der Waals surface area contributed by atoms with E-state index in [0.29, 0.717) is 40.0 Å². The van der Waals surface area contributed by atoms with Crippen molar-refractivity contribution in [2.24, 2.45) is 0 Å². The number of ether oxygens (including phenoxy) is 3. The van der Waals surface area contributed by atoms with E-state index in [0.717, 1.165) is 11.1 Å². The van der Waals surface area contributed by atoms with Crippen molar-refractivity contribution in [2.45, 2.75) is 20.5 Å². The largest absolute Gasteiger partial charge is 0.497 e. The second-order valence-corrected chi connectivity index (χ2v) is 7.93. The van der Waals surface area contributed by atoms with Crippen LogP contribution in [0.25, 0.3) is 5.65 Å². The molecule has 0 radical (unpaired) electrons. The van der Waals surface area contributed by atoms with Crippen molar-refractivity contribution in [3.63, 3.8) is 0 Å². The molecule has 0 saturated heterocycles. The summed E-state index contributed by atoms with van der Waals surface area (Å²) in [5, 5.41) is 5.55. The summed E-state index contributed by atoms with van der Waals surface area (Å²) < 4.78 is 17.9. The minimum Gasteiger partial charge on any atom is -0.497 e. The fraction of sp³-hybridized carbons (Fsp3) is 0.192. The predicted octanol–water partition coefficient (Wildman–Crippen LogP) is 4.55. The molecule has 180 valence electrons. The molecule has 2 amide bonds. The number of nitrogens with one attached hydrogen (secondary N) is 2. The lowest BCUT2D eigenvalue weighted by atomic mass is 10.2. The number of amides is 2. The average Bonchev–Trinajstić information content (AvgIpc) is 2.84. The topological polar surface area (TPSA) is 103 Å². The summed E-state index contributed by atoms with van der Waals surface area (Å²) in [5.74, 6) is 1.65. The lowest BCUT2D eigenvalue weighted by Gasteiger charge is -2.14. The van der Waals surface area contributed by atoms with Gasteiger partial charge >= 0.3 is 6.03 Å². The van der Waals surface area contributed by atoms with Crippen LogP contribution in [0.4, 0.5) is 16.2 Å². The van der Waals surface area contributed by atoms with Crippen LogP contribution in [0.15, 0.2) is 65.6 Å². The molecule has 0 aliphatic rings. The van der Waals surface area contributed by atoms with E-state index in [2.05, 4.69) is 15.6 Å². The molecule has 0 saturated carbocycles. The summed E-state index contributed by atoms with van der Waals surface area (Å²) in [6.45, 7) is 3.95. The summed E-state index contributed by atoms with van der Waals surface area (Å²) >= 11 is 0. The quantitative estimate of drug-likeness (QED) is 0.407. The zero-order chi connectivity index (χ0) is 24.9. The monoisotopic (exact) mass is 474 g/mol. The van der Waals surface area contributed by atoms with E-state index in [1.807, 2.05) is 32.0 Å². The molecule has 0 fully saturated rings. The minimum absolute atomic E-state index is 0.108. The maximum absolute atomic E-state index is 12.6. The normalized spacial score (nSPS) is 10.6. The highest BCUT2D eigenvalue weighted by atomic mass is 16.5. The molecule has 2 heterocycles. The number of aromatic nitrogens is 2. The van der Waals surface area contributed by atoms with Gasteiger partial charge in [-0.25, -0.2) is 9.78 Å². The highest BCUT2D eigenvalue weighted by molar-refractivity contribution is 6.01. The number of anilines is 2. The van der Waals surface area contributed by atoms with Crippen molar-refractivity contribution in [1.82, 2.24) is 9.38 Å². The Morgan fingerprint density at radius 1 is 0.943 bits per heavy atom. The molecule has 4 rings (SSSR count). The van der Waals surface area contributed by atoms with Crippen molar-refractivity contribution in [2.75, 3.05) is 24.9 Å². The van der Waals surface area contributed by atoms with Gasteiger partial charge in [-0.15, -0.1) is 0 Å². The average molecular weight is 475 g/mol. The summed E-state index contributed by atoms with van der Waals surface area (Å²) in [6, 6.07) is 15.1. The van der Waals surface area contributed by atoms with Gasteiger partial charge in [0, 0.05) is 30.1 Å². The number of carbonyl (C=O) groups excluding carboxylic acids is 1. The van der Waals surface area contributed by atoms with Crippen LogP contribution in [0, 0.1) is 13.8 Å². The van der Waals surface area contributed by atoms with Crippen LogP contribution >= 0.6 is 0 Å². The standard InChI is InChI=1S/C26H26N4O5/c1-16-9-10-30-24(11-16)27-19(13-25(30)31)15-35-23-12-18(6-5-17(23)2)28-26(32)29-21-14-20(33-3)7-8-22(21)34-4/h5-14H,15H2,1-4H3,(H2,28,29,32). The van der Waals surface area contributed by atoms with Gasteiger partial charge in [-0.05, 0) is 55.3 Å². The van der Waals surface area contributed by atoms with E-state index < -0.39 is 6.03 Å². The number of rotatable bonds is 7. The number of nitrogens with zero attached hydrogens (tertiary/aromatic N) is 2. The van der Waals surface area contributed by atoms with Crippen molar-refractivity contribution < 1.29 is 19.0 Å². The van der Waals surface area contributed by atoms with Gasteiger partial charge in [0.1, 0.15) is 29.5 Å². The molecule has 0 unspecified atom stereocenters. The Morgan fingerprint density at radius 2 is 1.77 bits per heavy atom. The molecule has 9 heteroatoms. The van der Waals surface area contributed by atoms with E-state index in [1.165, 1.54) is 17.6 Å². The van der Waals surface area contributed by atoms with Gasteiger partial charge in [0.05, 0.1) is 25.6 Å². The lowest BCUT2D eigenvalue weighted by molar-refractivity contribution is 0.262. The Hall–Kier alpha value is -4.53. The second-order valence-electron chi connectivity index (χ2n) is 7.93. The van der Waals surface area contributed by atoms with Crippen LogP contribution in [-0.4, -0.2) is 29.6 Å². The van der Waals surface area contributed by atoms with Gasteiger partial charge in [0.15, 0.2) is 0 Å². The third-order valence-corrected chi connectivity index (χ3v) is 5.35. The maximum Gasteiger partial charge on any atom is 0.323 e. The molecule has 2 aromatic carbocycles. The van der Waals surface area contributed by atoms with Gasteiger partial charge in [0.25, 0.3) is 5.56 Å². The van der Waals surface area contributed by atoms with E-state index in [9.17, 15) is 9.59 Å². The Labute approximate surface area is 202 Å². The van der Waals surface area contributed by atoms with Gasteiger partial charge in [0.2, 0.25) is 0 Å². The SMILES string of the molecule is COc1ccc(OC)c(NC(=O)Nc2ccc(C)c(OCc3cc(=O)n4ccc(C)cc4n3)c2)c1. The summed E-state index contributed by atoms with van der Waals surface area (Å²) in [4.78, 5) is 29.5. The fourth-order valence-electron chi connectivity index (χ4n) is 3.51. The smallest absolute Gasteiger partial charge is 0.323 e. The Balaban J connectivity index is 1.47. The molecular weight excluding hydrogens is 448 g/mol. The van der Waals surface area contributed by atoms with Gasteiger partial charge in [-0.1, -0.05) is 6.07 Å². The molecule has 0 aliphatic heterocycles. The molecule has 0 atom stereocenters. The van der Waals surface area contributed by atoms with Crippen LogP contribution < -0.4 is 30.4 Å². The number of methoxy groups -OCH3 is 2. The first-order valence-electron chi connectivity index (χ1n) is 10.9. The minimum atomic E-state index is -0.453. The van der Waals surface area contributed by atoms with Crippen molar-refractivity contribution in [3.05, 3.63) is 88.0 Å². The summed E-state index contributed by atoms with van der Waals surface area (Å²) in [5.41, 5.74) is 3.79. The third kappa shape index (κ3) is 5.52. The first-order valence-corrected chi connectivity index (χ1v) is 10.9. The number of pyridine rings is 1. The Morgan fingerprint density at radius 3 is 2.54 bits per heavy atom. The summed E-state index contributed by atoms with van der Waals surface area (Å²) in [6.07, 6.45) is 1.70. The first kappa shape index (κ1) is 23.6. The molecule has 0 spiro atoms. The van der Waals surface area contributed by atoms with Crippen LogP contribution in [-0.2, 0) is 6.61 Å². The molecule has 2 N–H and O–H groups in total. The van der Waals surface area contributed by atoms with Crippen molar-refractivity contribution in [3.8, 4) is 17.2 Å². The number of hydrogen-bond acceptors (Lipinski definition) is 6. The van der Waals surface area contributed by atoms with Gasteiger partial charge in [-0.2, -0.15) is 0 Å². The molecule has 0 bridgehead atoms. The molecular formula is C26H26N4O5. The number of benzene rings is 2. The van der Waals surface area contributed by atoms with Crippen molar-refractivity contribution >= 4 is 23.1 Å². The van der Waals surface area contributed by atoms with Crippen molar-refractivity contribution in [1.29, 1.82) is 0 Å². The van der Waals surface area contributed by atoms with E-state index in [4.69, 9.17) is 14.2 Å². The van der Waals surface area contributed by atoms with Crippen LogP contribution in [0.1, 0.15) is 16.8 Å². The maximum atomic E-state index is 12.6. The number of hydrogen-bond donors (Lipinski definition) is 2.